The number of aliphatic carboxylic acids is 1. The lowest BCUT2D eigenvalue weighted by molar-refractivity contribution is -0.139. The Kier molecular flexibility index (Phi) is 6.87. The van der Waals surface area contributed by atoms with Crippen LogP contribution >= 0.6 is 0 Å². The monoisotopic (exact) mass is 534 g/mol. The van der Waals surface area contributed by atoms with Gasteiger partial charge in [0.25, 0.3) is 5.92 Å². The van der Waals surface area contributed by atoms with Crippen molar-refractivity contribution < 1.29 is 37.0 Å². The number of hydrogen-bond donors (Lipinski definition) is 3. The number of imidazole rings is 1. The molecule has 38 heavy (non-hydrogen) atoms. The van der Waals surface area contributed by atoms with Crippen molar-refractivity contribution in [3.63, 3.8) is 0 Å². The fraction of sp³-hybridized carbons (Fsp3) is 0.269. The van der Waals surface area contributed by atoms with E-state index in [-0.39, 0.29) is 34.0 Å². The van der Waals surface area contributed by atoms with Crippen molar-refractivity contribution >= 4 is 17.3 Å². The minimum Gasteiger partial charge on any atom is -0.481 e. The molecule has 0 amide bonds. The van der Waals surface area contributed by atoms with Crippen LogP contribution in [-0.4, -0.2) is 36.5 Å². The van der Waals surface area contributed by atoms with Crippen LogP contribution in [0.1, 0.15) is 42.3 Å². The standard InChI is InChI=1S/C26H23F5N4O3/c1-24(38,17-3-2-4-18(13-17)26(29,30)31)16-7-5-15(6-8-16)21-22-23(32)33-11-12-35(22)19(34-21)14-25(27,28)10-9-20(36)37/h2-8,11-13,38H,9-10,14H2,1H3,(H2,32,33)(H,36,37)/t24-/m1/s1. The molecule has 0 radical (unpaired) electrons. The molecule has 2 aromatic carbocycles. The van der Waals surface area contributed by atoms with E-state index in [1.165, 1.54) is 48.0 Å². The predicted molar refractivity (Wildman–Crippen MR) is 128 cm³/mol. The Bertz CT molecular complexity index is 1480. The Morgan fingerprint density at radius 2 is 1.68 bits per heavy atom. The summed E-state index contributed by atoms with van der Waals surface area (Å²) in [7, 11) is 0. The lowest BCUT2D eigenvalue weighted by atomic mass is 9.87. The second-order valence-corrected chi connectivity index (χ2v) is 9.06. The van der Waals surface area contributed by atoms with Crippen LogP contribution in [-0.2, 0) is 23.0 Å². The molecule has 200 valence electrons. The van der Waals surface area contributed by atoms with Crippen LogP contribution in [0.2, 0.25) is 0 Å². The van der Waals surface area contributed by atoms with E-state index in [4.69, 9.17) is 10.8 Å². The Labute approximate surface area is 213 Å². The first kappa shape index (κ1) is 27.0. The lowest BCUT2D eigenvalue weighted by Crippen LogP contribution is -2.23. The zero-order chi connectivity index (χ0) is 27.9. The number of carbonyl (C=O) groups is 1. The SMILES string of the molecule is C[C@@](O)(c1ccc(-c2nc(CC(F)(F)CCC(=O)O)n3ccnc(N)c23)cc1)c1cccc(C(F)(F)F)c1. The molecule has 1 atom stereocenters. The summed E-state index contributed by atoms with van der Waals surface area (Å²) in [6.07, 6.45) is -4.26. The summed E-state index contributed by atoms with van der Waals surface area (Å²) < 4.78 is 69.8. The highest BCUT2D eigenvalue weighted by Gasteiger charge is 2.34. The fourth-order valence-electron chi connectivity index (χ4n) is 4.18. The van der Waals surface area contributed by atoms with Crippen molar-refractivity contribution in [1.82, 2.24) is 14.4 Å². The number of rotatable bonds is 8. The second-order valence-electron chi connectivity index (χ2n) is 9.06. The molecule has 0 saturated carbocycles. The van der Waals surface area contributed by atoms with Crippen LogP contribution < -0.4 is 5.73 Å². The highest BCUT2D eigenvalue weighted by molar-refractivity contribution is 5.85. The average Bonchev–Trinajstić information content (AvgIpc) is 3.21. The van der Waals surface area contributed by atoms with Gasteiger partial charge in [-0.2, -0.15) is 13.2 Å². The van der Waals surface area contributed by atoms with Crippen molar-refractivity contribution in [2.45, 2.75) is 43.9 Å². The lowest BCUT2D eigenvalue weighted by Gasteiger charge is -2.25. The molecule has 0 saturated heterocycles. The molecule has 12 heteroatoms. The Hall–Kier alpha value is -4.06. The number of nitrogens with zero attached hydrogens (tertiary/aromatic N) is 3. The van der Waals surface area contributed by atoms with Gasteiger partial charge in [-0.25, -0.2) is 18.7 Å². The number of nitrogen functional groups attached to an aromatic ring is 1. The Balaban J connectivity index is 1.71. The van der Waals surface area contributed by atoms with Gasteiger partial charge in [0, 0.05) is 24.4 Å². The zero-order valence-electron chi connectivity index (χ0n) is 20.0. The van der Waals surface area contributed by atoms with Crippen molar-refractivity contribution in [3.8, 4) is 11.3 Å². The van der Waals surface area contributed by atoms with Gasteiger partial charge in [-0.1, -0.05) is 36.4 Å². The number of anilines is 1. The molecule has 0 bridgehead atoms. The number of benzene rings is 2. The van der Waals surface area contributed by atoms with Gasteiger partial charge in [-0.3, -0.25) is 9.20 Å². The zero-order valence-corrected chi connectivity index (χ0v) is 20.0. The summed E-state index contributed by atoms with van der Waals surface area (Å²) in [4.78, 5) is 19.1. The van der Waals surface area contributed by atoms with Gasteiger partial charge in [-0.05, 0) is 30.2 Å². The number of aliphatic hydroxyl groups is 1. The molecule has 2 heterocycles. The molecule has 2 aromatic heterocycles. The quantitative estimate of drug-likeness (QED) is 0.265. The number of halogens is 5. The average molecular weight is 534 g/mol. The first-order chi connectivity index (χ1) is 17.7. The maximum absolute atomic E-state index is 14.5. The largest absolute Gasteiger partial charge is 0.481 e. The van der Waals surface area contributed by atoms with Crippen LogP contribution in [0.5, 0.6) is 0 Å². The van der Waals surface area contributed by atoms with Crippen LogP contribution in [0.3, 0.4) is 0 Å². The minimum absolute atomic E-state index is 0.0233. The number of alkyl halides is 5. The van der Waals surface area contributed by atoms with Gasteiger partial charge < -0.3 is 15.9 Å². The van der Waals surface area contributed by atoms with Crippen LogP contribution in [0.25, 0.3) is 16.8 Å². The van der Waals surface area contributed by atoms with Crippen LogP contribution in [0, 0.1) is 0 Å². The molecule has 4 N–H and O–H groups in total. The molecule has 4 aromatic rings. The van der Waals surface area contributed by atoms with Gasteiger partial charge in [0.2, 0.25) is 0 Å². The second kappa shape index (κ2) is 9.67. The van der Waals surface area contributed by atoms with Crippen LogP contribution in [0.15, 0.2) is 60.9 Å². The molecule has 0 fully saturated rings. The topological polar surface area (TPSA) is 114 Å². The van der Waals surface area contributed by atoms with Gasteiger partial charge >= 0.3 is 12.1 Å². The smallest absolute Gasteiger partial charge is 0.416 e. The molecule has 0 spiro atoms. The highest BCUT2D eigenvalue weighted by atomic mass is 19.4. The number of fused-ring (bicyclic) bond motifs is 1. The van der Waals surface area contributed by atoms with Gasteiger partial charge in [-0.15, -0.1) is 0 Å². The number of hydrogen-bond acceptors (Lipinski definition) is 5. The van der Waals surface area contributed by atoms with E-state index >= 15 is 0 Å². The Morgan fingerprint density at radius 3 is 2.32 bits per heavy atom. The van der Waals surface area contributed by atoms with E-state index in [0.717, 1.165) is 12.1 Å². The molecule has 0 aliphatic rings. The van der Waals surface area contributed by atoms with Crippen molar-refractivity contribution in [2.24, 2.45) is 0 Å². The maximum Gasteiger partial charge on any atom is 0.416 e. The van der Waals surface area contributed by atoms with E-state index < -0.39 is 48.5 Å². The van der Waals surface area contributed by atoms with E-state index in [0.29, 0.717) is 5.56 Å². The van der Waals surface area contributed by atoms with Crippen molar-refractivity contribution in [3.05, 3.63) is 83.4 Å². The maximum atomic E-state index is 14.5. The third-order valence-electron chi connectivity index (χ3n) is 6.25. The predicted octanol–water partition coefficient (Wildman–Crippen LogP) is 5.30. The summed E-state index contributed by atoms with van der Waals surface area (Å²) in [6.45, 7) is 1.36. The number of carboxylic acids is 1. The van der Waals surface area contributed by atoms with Gasteiger partial charge in [0.05, 0.1) is 18.4 Å². The third kappa shape index (κ3) is 5.44. The molecule has 4 rings (SSSR count). The molecule has 0 aliphatic heterocycles. The van der Waals surface area contributed by atoms with E-state index in [9.17, 15) is 31.9 Å². The normalized spacial score (nSPS) is 14.0. The summed E-state index contributed by atoms with van der Waals surface area (Å²) in [5.74, 6) is -4.72. The van der Waals surface area contributed by atoms with Crippen molar-refractivity contribution in [1.29, 1.82) is 0 Å². The summed E-state index contributed by atoms with van der Waals surface area (Å²) in [5, 5.41) is 19.9. The molecule has 7 nitrogen and oxygen atoms in total. The third-order valence-corrected chi connectivity index (χ3v) is 6.25. The summed E-state index contributed by atoms with van der Waals surface area (Å²) in [5.41, 5.74) is 4.60. The summed E-state index contributed by atoms with van der Waals surface area (Å²) >= 11 is 0. The number of carboxylic acid groups (broad SMARTS) is 1. The molecule has 0 aliphatic carbocycles. The van der Waals surface area contributed by atoms with Crippen molar-refractivity contribution in [2.75, 3.05) is 5.73 Å². The highest BCUT2D eigenvalue weighted by Crippen LogP contribution is 2.37. The van der Waals surface area contributed by atoms with E-state index in [1.807, 2.05) is 0 Å². The molecular weight excluding hydrogens is 511 g/mol. The first-order valence-corrected chi connectivity index (χ1v) is 11.4. The molecule has 0 unspecified atom stereocenters. The van der Waals surface area contributed by atoms with E-state index in [2.05, 4.69) is 9.97 Å². The summed E-state index contributed by atoms with van der Waals surface area (Å²) in [6, 6.07) is 10.4. The molecular formula is C26H23F5N4O3. The first-order valence-electron chi connectivity index (χ1n) is 11.4. The minimum atomic E-state index is -4.58. The van der Waals surface area contributed by atoms with Crippen LogP contribution in [0.4, 0.5) is 27.8 Å². The van der Waals surface area contributed by atoms with E-state index in [1.54, 1.807) is 12.1 Å². The van der Waals surface area contributed by atoms with Gasteiger partial charge in [0.15, 0.2) is 0 Å². The number of aromatic nitrogens is 3. The Morgan fingerprint density at radius 1 is 1.03 bits per heavy atom. The number of nitrogens with two attached hydrogens (primary N) is 1. The van der Waals surface area contributed by atoms with Gasteiger partial charge in [0.1, 0.15) is 28.5 Å². The fourth-order valence-corrected chi connectivity index (χ4v) is 4.18.